The van der Waals surface area contributed by atoms with E-state index < -0.39 is 5.97 Å². The van der Waals surface area contributed by atoms with Crippen molar-refractivity contribution in [3.05, 3.63) is 17.5 Å². The number of carboxylic acid groups (broad SMARTS) is 1. The SMILES string of the molecule is CC.Cc1cc(C(=O)O)nn1C. The van der Waals surface area contributed by atoms with Crippen LogP contribution in [0, 0.1) is 6.92 Å². The van der Waals surface area contributed by atoms with Crippen LogP contribution in [0.2, 0.25) is 0 Å². The van der Waals surface area contributed by atoms with Crippen molar-refractivity contribution in [2.24, 2.45) is 7.05 Å². The smallest absolute Gasteiger partial charge is 0.356 e. The van der Waals surface area contributed by atoms with Crippen molar-refractivity contribution < 1.29 is 9.90 Å². The zero-order valence-corrected chi connectivity index (χ0v) is 7.83. The highest BCUT2D eigenvalue weighted by Gasteiger charge is 2.06. The average Bonchev–Trinajstić information content (AvgIpc) is 2.36. The Labute approximate surface area is 71.8 Å². The lowest BCUT2D eigenvalue weighted by Crippen LogP contribution is -1.99. The van der Waals surface area contributed by atoms with Gasteiger partial charge in [0, 0.05) is 12.7 Å². The molecule has 0 radical (unpaired) electrons. The first-order valence-electron chi connectivity index (χ1n) is 3.85. The monoisotopic (exact) mass is 170 g/mol. The summed E-state index contributed by atoms with van der Waals surface area (Å²) in [7, 11) is 1.71. The Balaban J connectivity index is 0.000000561. The van der Waals surface area contributed by atoms with Gasteiger partial charge in [-0.3, -0.25) is 4.68 Å². The number of rotatable bonds is 1. The van der Waals surface area contributed by atoms with Gasteiger partial charge in [-0.25, -0.2) is 4.79 Å². The molecule has 0 amide bonds. The molecule has 0 unspecified atom stereocenters. The number of carboxylic acids is 1. The topological polar surface area (TPSA) is 55.1 Å². The fraction of sp³-hybridized carbons (Fsp3) is 0.500. The molecule has 0 aliphatic heterocycles. The first kappa shape index (κ1) is 10.7. The molecule has 0 aliphatic rings. The summed E-state index contributed by atoms with van der Waals surface area (Å²) >= 11 is 0. The maximum absolute atomic E-state index is 10.3. The van der Waals surface area contributed by atoms with Crippen LogP contribution in [0.1, 0.15) is 30.0 Å². The maximum atomic E-state index is 10.3. The van der Waals surface area contributed by atoms with Gasteiger partial charge in [0.1, 0.15) is 0 Å². The summed E-state index contributed by atoms with van der Waals surface area (Å²) in [5.74, 6) is -0.983. The number of aryl methyl sites for hydroxylation is 2. The molecule has 0 atom stereocenters. The molecule has 0 aromatic carbocycles. The van der Waals surface area contributed by atoms with Crippen LogP contribution < -0.4 is 0 Å². The largest absolute Gasteiger partial charge is 0.476 e. The van der Waals surface area contributed by atoms with Gasteiger partial charge in [-0.15, -0.1) is 0 Å². The first-order chi connectivity index (χ1) is 5.61. The predicted molar refractivity (Wildman–Crippen MR) is 46.3 cm³/mol. The minimum Gasteiger partial charge on any atom is -0.476 e. The Kier molecular flexibility index (Phi) is 4.04. The molecule has 12 heavy (non-hydrogen) atoms. The van der Waals surface area contributed by atoms with Gasteiger partial charge in [0.05, 0.1) is 0 Å². The fourth-order valence-corrected chi connectivity index (χ4v) is 0.665. The van der Waals surface area contributed by atoms with E-state index in [1.807, 2.05) is 13.8 Å². The van der Waals surface area contributed by atoms with Gasteiger partial charge in [-0.2, -0.15) is 5.10 Å². The Bertz CT molecular complexity index is 247. The van der Waals surface area contributed by atoms with E-state index in [0.29, 0.717) is 0 Å². The van der Waals surface area contributed by atoms with Crippen LogP contribution in [0.4, 0.5) is 0 Å². The van der Waals surface area contributed by atoms with Gasteiger partial charge >= 0.3 is 5.97 Å². The van der Waals surface area contributed by atoms with E-state index in [9.17, 15) is 4.79 Å². The minimum atomic E-state index is -0.983. The first-order valence-corrected chi connectivity index (χ1v) is 3.85. The molecule has 0 saturated carbocycles. The lowest BCUT2D eigenvalue weighted by atomic mass is 10.4. The van der Waals surface area contributed by atoms with Crippen molar-refractivity contribution in [2.75, 3.05) is 0 Å². The molecule has 1 aromatic rings. The van der Waals surface area contributed by atoms with Gasteiger partial charge in [0.2, 0.25) is 0 Å². The van der Waals surface area contributed by atoms with Crippen LogP contribution in [0.3, 0.4) is 0 Å². The molecule has 1 rings (SSSR count). The van der Waals surface area contributed by atoms with Crippen molar-refractivity contribution in [1.82, 2.24) is 9.78 Å². The van der Waals surface area contributed by atoms with E-state index in [4.69, 9.17) is 5.11 Å². The molecule has 0 fully saturated rings. The van der Waals surface area contributed by atoms with Crippen LogP contribution in [0.5, 0.6) is 0 Å². The summed E-state index contributed by atoms with van der Waals surface area (Å²) in [5, 5.41) is 12.2. The van der Waals surface area contributed by atoms with E-state index in [2.05, 4.69) is 5.10 Å². The van der Waals surface area contributed by atoms with Crippen molar-refractivity contribution in [2.45, 2.75) is 20.8 Å². The molecule has 1 heterocycles. The van der Waals surface area contributed by atoms with E-state index >= 15 is 0 Å². The Morgan fingerprint density at radius 1 is 1.58 bits per heavy atom. The van der Waals surface area contributed by atoms with Crippen LogP contribution >= 0.6 is 0 Å². The Hall–Kier alpha value is -1.32. The minimum absolute atomic E-state index is 0.0972. The molecule has 4 heteroatoms. The lowest BCUT2D eigenvalue weighted by molar-refractivity contribution is 0.0689. The van der Waals surface area contributed by atoms with Crippen molar-refractivity contribution in [1.29, 1.82) is 0 Å². The predicted octanol–water partition coefficient (Wildman–Crippen LogP) is 1.45. The second kappa shape index (κ2) is 4.54. The molecule has 4 nitrogen and oxygen atoms in total. The molecule has 0 aliphatic carbocycles. The average molecular weight is 170 g/mol. The van der Waals surface area contributed by atoms with Gasteiger partial charge in [-0.1, -0.05) is 13.8 Å². The highest BCUT2D eigenvalue weighted by molar-refractivity contribution is 5.85. The second-order valence-corrected chi connectivity index (χ2v) is 2.10. The highest BCUT2D eigenvalue weighted by atomic mass is 16.4. The number of hydrogen-bond acceptors (Lipinski definition) is 2. The summed E-state index contributed by atoms with van der Waals surface area (Å²) < 4.78 is 1.53. The van der Waals surface area contributed by atoms with Gasteiger partial charge in [-0.05, 0) is 13.0 Å². The number of aromatic nitrogens is 2. The number of hydrogen-bond donors (Lipinski definition) is 1. The van der Waals surface area contributed by atoms with Crippen LogP contribution in [-0.2, 0) is 7.05 Å². The van der Waals surface area contributed by atoms with Gasteiger partial charge in [0.15, 0.2) is 5.69 Å². The van der Waals surface area contributed by atoms with E-state index in [1.165, 1.54) is 10.7 Å². The van der Waals surface area contributed by atoms with Crippen molar-refractivity contribution in [3.8, 4) is 0 Å². The van der Waals surface area contributed by atoms with Crippen LogP contribution in [0.25, 0.3) is 0 Å². The standard InChI is InChI=1S/C6H8N2O2.C2H6/c1-4-3-5(6(9)10)7-8(4)2;1-2/h3H,1-2H3,(H,9,10);1-2H3. The zero-order chi connectivity index (χ0) is 9.72. The Morgan fingerprint density at radius 3 is 2.25 bits per heavy atom. The maximum Gasteiger partial charge on any atom is 0.356 e. The zero-order valence-electron chi connectivity index (χ0n) is 7.83. The van der Waals surface area contributed by atoms with Gasteiger partial charge < -0.3 is 5.11 Å². The summed E-state index contributed by atoms with van der Waals surface area (Å²) in [4.78, 5) is 10.3. The fourth-order valence-electron chi connectivity index (χ4n) is 0.665. The van der Waals surface area contributed by atoms with Crippen LogP contribution in [0.15, 0.2) is 6.07 Å². The molecule has 0 bridgehead atoms. The molecule has 0 saturated heterocycles. The second-order valence-electron chi connectivity index (χ2n) is 2.10. The van der Waals surface area contributed by atoms with Crippen molar-refractivity contribution in [3.63, 3.8) is 0 Å². The highest BCUT2D eigenvalue weighted by Crippen LogP contribution is 1.99. The summed E-state index contributed by atoms with van der Waals surface area (Å²) in [6.07, 6.45) is 0. The third-order valence-corrected chi connectivity index (χ3v) is 1.33. The van der Waals surface area contributed by atoms with Gasteiger partial charge in [0.25, 0.3) is 0 Å². The Morgan fingerprint density at radius 2 is 2.08 bits per heavy atom. The normalized spacial score (nSPS) is 8.67. The third-order valence-electron chi connectivity index (χ3n) is 1.33. The molecular formula is C8H14N2O2. The number of carbonyl (C=O) groups is 1. The van der Waals surface area contributed by atoms with Crippen LogP contribution in [-0.4, -0.2) is 20.9 Å². The van der Waals surface area contributed by atoms with E-state index in [1.54, 1.807) is 14.0 Å². The summed E-state index contributed by atoms with van der Waals surface area (Å²) in [6.45, 7) is 5.80. The quantitative estimate of drug-likeness (QED) is 0.694. The summed E-state index contributed by atoms with van der Waals surface area (Å²) in [5.41, 5.74) is 0.942. The molecule has 1 N–H and O–H groups in total. The van der Waals surface area contributed by atoms with E-state index in [0.717, 1.165) is 5.69 Å². The lowest BCUT2D eigenvalue weighted by Gasteiger charge is -1.87. The molecule has 68 valence electrons. The number of nitrogens with zero attached hydrogens (tertiary/aromatic N) is 2. The van der Waals surface area contributed by atoms with E-state index in [-0.39, 0.29) is 5.69 Å². The third kappa shape index (κ3) is 2.38. The molecular weight excluding hydrogens is 156 g/mol. The molecule has 0 spiro atoms. The molecule has 1 aromatic heterocycles. The summed E-state index contributed by atoms with van der Waals surface area (Å²) in [6, 6.07) is 1.53. The van der Waals surface area contributed by atoms with Crippen molar-refractivity contribution >= 4 is 5.97 Å². The number of aromatic carboxylic acids is 1.